The summed E-state index contributed by atoms with van der Waals surface area (Å²) in [4.78, 5) is 5.31. The van der Waals surface area contributed by atoms with Crippen LogP contribution in [0.25, 0.3) is 0 Å². The summed E-state index contributed by atoms with van der Waals surface area (Å²) in [7, 11) is 0. The lowest BCUT2D eigenvalue weighted by atomic mass is 10.1. The number of hydrogen-bond donors (Lipinski definition) is 1. The van der Waals surface area contributed by atoms with Crippen molar-refractivity contribution in [3.8, 4) is 0 Å². The topological polar surface area (TPSA) is 18.5 Å². The van der Waals surface area contributed by atoms with E-state index in [9.17, 15) is 0 Å². The summed E-state index contributed by atoms with van der Waals surface area (Å²) in [6.07, 6.45) is 2.96. The van der Waals surface area contributed by atoms with Crippen molar-refractivity contribution in [2.24, 2.45) is 5.92 Å². The standard InChI is InChI=1S/C15H31N3/c1-13(11-16-15(2,3)4)18-9-7-17(8-10-18)12-14-5-6-14/h13-14,16H,5-12H2,1-4H3. The van der Waals surface area contributed by atoms with Gasteiger partial charge >= 0.3 is 0 Å². The van der Waals surface area contributed by atoms with Crippen LogP contribution in [0.3, 0.4) is 0 Å². The smallest absolute Gasteiger partial charge is 0.0193 e. The van der Waals surface area contributed by atoms with E-state index in [-0.39, 0.29) is 5.54 Å². The van der Waals surface area contributed by atoms with Crippen LogP contribution >= 0.6 is 0 Å². The molecule has 1 saturated heterocycles. The Morgan fingerprint density at radius 2 is 1.72 bits per heavy atom. The van der Waals surface area contributed by atoms with Gasteiger partial charge in [-0.1, -0.05) is 0 Å². The predicted molar refractivity (Wildman–Crippen MR) is 78.0 cm³/mol. The summed E-state index contributed by atoms with van der Waals surface area (Å²) in [6, 6.07) is 0.660. The molecule has 1 unspecified atom stereocenters. The average molecular weight is 253 g/mol. The Labute approximate surface area is 113 Å². The molecule has 0 aromatic rings. The van der Waals surface area contributed by atoms with Gasteiger partial charge in [-0.05, 0) is 46.5 Å². The zero-order valence-electron chi connectivity index (χ0n) is 12.7. The highest BCUT2D eigenvalue weighted by Gasteiger charge is 2.27. The van der Waals surface area contributed by atoms with Crippen molar-refractivity contribution < 1.29 is 0 Å². The lowest BCUT2D eigenvalue weighted by Crippen LogP contribution is -2.53. The molecule has 0 radical (unpaired) electrons. The van der Waals surface area contributed by atoms with Crippen LogP contribution < -0.4 is 5.32 Å². The van der Waals surface area contributed by atoms with Gasteiger partial charge in [-0.2, -0.15) is 0 Å². The third kappa shape index (κ3) is 4.87. The van der Waals surface area contributed by atoms with Crippen molar-refractivity contribution in [1.29, 1.82) is 0 Å². The minimum atomic E-state index is 0.238. The van der Waals surface area contributed by atoms with Crippen molar-refractivity contribution in [3.05, 3.63) is 0 Å². The second-order valence-electron chi connectivity index (χ2n) is 7.26. The molecular weight excluding hydrogens is 222 g/mol. The number of rotatable bonds is 5. The van der Waals surface area contributed by atoms with E-state index in [1.165, 1.54) is 45.6 Å². The first kappa shape index (κ1) is 14.3. The minimum absolute atomic E-state index is 0.238. The van der Waals surface area contributed by atoms with E-state index in [2.05, 4.69) is 42.8 Å². The molecule has 3 nitrogen and oxygen atoms in total. The third-order valence-electron chi connectivity index (χ3n) is 4.17. The molecule has 1 atom stereocenters. The van der Waals surface area contributed by atoms with Gasteiger partial charge in [0.1, 0.15) is 0 Å². The molecule has 1 aliphatic carbocycles. The second-order valence-corrected chi connectivity index (χ2v) is 7.26. The molecule has 2 aliphatic rings. The maximum Gasteiger partial charge on any atom is 0.0193 e. The molecule has 1 aliphatic heterocycles. The molecule has 1 N–H and O–H groups in total. The lowest BCUT2D eigenvalue weighted by molar-refractivity contribution is 0.0961. The molecular formula is C15H31N3. The largest absolute Gasteiger partial charge is 0.311 e. The Kier molecular flexibility index (Phi) is 4.68. The molecule has 106 valence electrons. The molecule has 0 bridgehead atoms. The highest BCUT2D eigenvalue weighted by Crippen LogP contribution is 2.29. The van der Waals surface area contributed by atoms with E-state index < -0.39 is 0 Å². The van der Waals surface area contributed by atoms with E-state index in [1.807, 2.05) is 0 Å². The Hall–Kier alpha value is -0.120. The van der Waals surface area contributed by atoms with Crippen LogP contribution in [-0.2, 0) is 0 Å². The van der Waals surface area contributed by atoms with Gasteiger partial charge in [-0.25, -0.2) is 0 Å². The summed E-state index contributed by atoms with van der Waals surface area (Å²) in [5.41, 5.74) is 0.238. The van der Waals surface area contributed by atoms with Gasteiger partial charge in [0.05, 0.1) is 0 Å². The van der Waals surface area contributed by atoms with E-state index >= 15 is 0 Å². The number of piperazine rings is 1. The summed E-state index contributed by atoms with van der Waals surface area (Å²) >= 11 is 0. The molecule has 2 fully saturated rings. The minimum Gasteiger partial charge on any atom is -0.311 e. The van der Waals surface area contributed by atoms with Crippen molar-refractivity contribution in [1.82, 2.24) is 15.1 Å². The van der Waals surface area contributed by atoms with E-state index in [1.54, 1.807) is 0 Å². The van der Waals surface area contributed by atoms with E-state index in [4.69, 9.17) is 0 Å². The van der Waals surface area contributed by atoms with Gasteiger partial charge in [0.2, 0.25) is 0 Å². The Morgan fingerprint density at radius 1 is 1.11 bits per heavy atom. The van der Waals surface area contributed by atoms with Gasteiger partial charge in [-0.15, -0.1) is 0 Å². The van der Waals surface area contributed by atoms with Crippen LogP contribution in [0.4, 0.5) is 0 Å². The molecule has 0 aromatic heterocycles. The fourth-order valence-electron chi connectivity index (χ4n) is 2.64. The monoisotopic (exact) mass is 253 g/mol. The Bertz CT molecular complexity index is 247. The van der Waals surface area contributed by atoms with E-state index in [0.29, 0.717) is 6.04 Å². The zero-order chi connectivity index (χ0) is 13.2. The SMILES string of the molecule is CC(CNC(C)(C)C)N1CCN(CC2CC2)CC1. The first-order chi connectivity index (χ1) is 8.44. The number of hydrogen-bond acceptors (Lipinski definition) is 3. The second kappa shape index (κ2) is 5.89. The zero-order valence-corrected chi connectivity index (χ0v) is 12.7. The van der Waals surface area contributed by atoms with Crippen LogP contribution in [0.15, 0.2) is 0 Å². The first-order valence-corrected chi connectivity index (χ1v) is 7.65. The maximum absolute atomic E-state index is 3.62. The molecule has 0 amide bonds. The summed E-state index contributed by atoms with van der Waals surface area (Å²) in [5.74, 6) is 1.04. The van der Waals surface area contributed by atoms with Crippen LogP contribution in [0.2, 0.25) is 0 Å². The number of nitrogens with one attached hydrogen (secondary N) is 1. The van der Waals surface area contributed by atoms with Crippen molar-refractivity contribution in [2.45, 2.75) is 52.1 Å². The fourth-order valence-corrected chi connectivity index (χ4v) is 2.64. The Morgan fingerprint density at radius 3 is 2.22 bits per heavy atom. The summed E-state index contributed by atoms with van der Waals surface area (Å²) < 4.78 is 0. The molecule has 0 aromatic carbocycles. The molecule has 1 heterocycles. The first-order valence-electron chi connectivity index (χ1n) is 7.65. The van der Waals surface area contributed by atoms with Gasteiger partial charge in [0, 0.05) is 50.8 Å². The lowest BCUT2D eigenvalue weighted by Gasteiger charge is -2.39. The van der Waals surface area contributed by atoms with Crippen molar-refractivity contribution >= 4 is 0 Å². The van der Waals surface area contributed by atoms with E-state index in [0.717, 1.165) is 12.5 Å². The summed E-state index contributed by atoms with van der Waals surface area (Å²) in [5, 5.41) is 3.62. The van der Waals surface area contributed by atoms with Gasteiger partial charge < -0.3 is 10.2 Å². The average Bonchev–Trinajstić information content (AvgIpc) is 3.10. The summed E-state index contributed by atoms with van der Waals surface area (Å²) in [6.45, 7) is 16.6. The number of nitrogens with zero attached hydrogens (tertiary/aromatic N) is 2. The molecule has 3 heteroatoms. The van der Waals surface area contributed by atoms with Crippen LogP contribution in [-0.4, -0.2) is 60.6 Å². The van der Waals surface area contributed by atoms with Crippen molar-refractivity contribution in [2.75, 3.05) is 39.3 Å². The highest BCUT2D eigenvalue weighted by atomic mass is 15.3. The molecule has 1 saturated carbocycles. The van der Waals surface area contributed by atoms with Gasteiger partial charge in [0.15, 0.2) is 0 Å². The molecule has 2 rings (SSSR count). The third-order valence-corrected chi connectivity index (χ3v) is 4.17. The molecule has 0 spiro atoms. The highest BCUT2D eigenvalue weighted by molar-refractivity contribution is 4.83. The van der Waals surface area contributed by atoms with Crippen molar-refractivity contribution in [3.63, 3.8) is 0 Å². The van der Waals surface area contributed by atoms with Crippen LogP contribution in [0.5, 0.6) is 0 Å². The maximum atomic E-state index is 3.62. The van der Waals surface area contributed by atoms with Crippen LogP contribution in [0.1, 0.15) is 40.5 Å². The predicted octanol–water partition coefficient (Wildman–Crippen LogP) is 1.79. The quantitative estimate of drug-likeness (QED) is 0.806. The van der Waals surface area contributed by atoms with Gasteiger partial charge in [0.25, 0.3) is 0 Å². The molecule has 18 heavy (non-hydrogen) atoms. The fraction of sp³-hybridized carbons (Fsp3) is 1.00. The Balaban J connectivity index is 1.64. The normalized spacial score (nSPS) is 25.3. The van der Waals surface area contributed by atoms with Gasteiger partial charge in [-0.3, -0.25) is 4.90 Å². The van der Waals surface area contributed by atoms with Crippen LogP contribution in [0, 0.1) is 5.92 Å².